The van der Waals surface area contributed by atoms with Gasteiger partial charge in [-0.2, -0.15) is 0 Å². The van der Waals surface area contributed by atoms with E-state index < -0.39 is 11.6 Å². The summed E-state index contributed by atoms with van der Waals surface area (Å²) in [5.41, 5.74) is 0.550. The molecule has 0 atom stereocenters. The standard InChI is InChI=1S/C18H10F2N2OS/c19-11-8-14(20)16-15(9-11)24-18(21-16)22-17(23)13-7-3-5-10-4-1-2-6-12(10)13/h1-9H,(H,21,22,23). The van der Waals surface area contributed by atoms with Crippen LogP contribution < -0.4 is 5.32 Å². The van der Waals surface area contributed by atoms with E-state index in [4.69, 9.17) is 0 Å². The molecule has 0 aliphatic carbocycles. The van der Waals surface area contributed by atoms with E-state index in [0.717, 1.165) is 28.2 Å². The van der Waals surface area contributed by atoms with Gasteiger partial charge in [-0.1, -0.05) is 47.7 Å². The fraction of sp³-hybridized carbons (Fsp3) is 0. The van der Waals surface area contributed by atoms with Gasteiger partial charge in [-0.15, -0.1) is 0 Å². The molecule has 0 aliphatic heterocycles. The van der Waals surface area contributed by atoms with Crippen molar-refractivity contribution in [1.82, 2.24) is 4.98 Å². The smallest absolute Gasteiger partial charge is 0.258 e. The summed E-state index contributed by atoms with van der Waals surface area (Å²) in [7, 11) is 0. The lowest BCUT2D eigenvalue weighted by Crippen LogP contribution is -2.12. The van der Waals surface area contributed by atoms with E-state index in [-0.39, 0.29) is 16.6 Å². The third kappa shape index (κ3) is 2.51. The van der Waals surface area contributed by atoms with Gasteiger partial charge < -0.3 is 0 Å². The van der Waals surface area contributed by atoms with Crippen molar-refractivity contribution in [1.29, 1.82) is 0 Å². The van der Waals surface area contributed by atoms with E-state index in [1.807, 2.05) is 30.3 Å². The van der Waals surface area contributed by atoms with Crippen LogP contribution in [0.2, 0.25) is 0 Å². The summed E-state index contributed by atoms with van der Waals surface area (Å²) in [5, 5.41) is 4.66. The molecule has 1 aromatic heterocycles. The van der Waals surface area contributed by atoms with Crippen LogP contribution in [0.15, 0.2) is 54.6 Å². The zero-order chi connectivity index (χ0) is 16.7. The minimum Gasteiger partial charge on any atom is -0.298 e. The molecule has 24 heavy (non-hydrogen) atoms. The molecule has 1 amide bonds. The fourth-order valence-electron chi connectivity index (χ4n) is 2.60. The van der Waals surface area contributed by atoms with Crippen molar-refractivity contribution in [2.24, 2.45) is 0 Å². The van der Waals surface area contributed by atoms with Crippen molar-refractivity contribution in [3.8, 4) is 0 Å². The third-order valence-electron chi connectivity index (χ3n) is 3.67. The van der Waals surface area contributed by atoms with E-state index in [0.29, 0.717) is 10.3 Å². The van der Waals surface area contributed by atoms with E-state index in [2.05, 4.69) is 10.3 Å². The number of nitrogens with one attached hydrogen (secondary N) is 1. The van der Waals surface area contributed by atoms with Gasteiger partial charge in [0.25, 0.3) is 5.91 Å². The number of hydrogen-bond donors (Lipinski definition) is 1. The number of benzene rings is 3. The Bertz CT molecular complexity index is 1090. The van der Waals surface area contributed by atoms with Gasteiger partial charge in [0, 0.05) is 11.6 Å². The molecular formula is C18H10F2N2OS. The van der Waals surface area contributed by atoms with Gasteiger partial charge >= 0.3 is 0 Å². The number of nitrogens with zero attached hydrogens (tertiary/aromatic N) is 1. The Labute approximate surface area is 139 Å². The number of rotatable bonds is 2. The number of fused-ring (bicyclic) bond motifs is 2. The van der Waals surface area contributed by atoms with Crippen LogP contribution >= 0.6 is 11.3 Å². The Hall–Kier alpha value is -2.86. The van der Waals surface area contributed by atoms with Gasteiger partial charge in [-0.3, -0.25) is 10.1 Å². The summed E-state index contributed by atoms with van der Waals surface area (Å²) >= 11 is 1.03. The van der Waals surface area contributed by atoms with Crippen LogP contribution in [0, 0.1) is 11.6 Å². The summed E-state index contributed by atoms with van der Waals surface area (Å²) < 4.78 is 27.3. The van der Waals surface area contributed by atoms with Gasteiger partial charge in [0.15, 0.2) is 10.9 Å². The van der Waals surface area contributed by atoms with Crippen molar-refractivity contribution in [2.45, 2.75) is 0 Å². The zero-order valence-electron chi connectivity index (χ0n) is 12.2. The van der Waals surface area contributed by atoms with Crippen LogP contribution in [0.1, 0.15) is 10.4 Å². The molecule has 118 valence electrons. The molecule has 4 aromatic rings. The number of hydrogen-bond acceptors (Lipinski definition) is 3. The van der Waals surface area contributed by atoms with E-state index >= 15 is 0 Å². The van der Waals surface area contributed by atoms with E-state index in [1.54, 1.807) is 12.1 Å². The molecule has 0 aliphatic rings. The number of halogens is 2. The Balaban J connectivity index is 1.72. The average Bonchev–Trinajstić information content (AvgIpc) is 2.97. The highest BCUT2D eigenvalue weighted by Crippen LogP contribution is 2.29. The Morgan fingerprint density at radius 1 is 1.04 bits per heavy atom. The molecule has 0 unspecified atom stereocenters. The van der Waals surface area contributed by atoms with Gasteiger partial charge in [-0.25, -0.2) is 13.8 Å². The first-order chi connectivity index (χ1) is 11.6. The molecule has 0 bridgehead atoms. The summed E-state index contributed by atoms with van der Waals surface area (Å²) in [6.07, 6.45) is 0. The first-order valence-electron chi connectivity index (χ1n) is 7.16. The van der Waals surface area contributed by atoms with Gasteiger partial charge in [0.2, 0.25) is 0 Å². The van der Waals surface area contributed by atoms with Crippen molar-refractivity contribution >= 4 is 43.4 Å². The highest BCUT2D eigenvalue weighted by molar-refractivity contribution is 7.22. The second kappa shape index (κ2) is 5.65. The van der Waals surface area contributed by atoms with Crippen molar-refractivity contribution in [3.63, 3.8) is 0 Å². The Kier molecular flexibility index (Phi) is 3.46. The maximum atomic E-state index is 13.7. The number of anilines is 1. The quantitative estimate of drug-likeness (QED) is 0.559. The van der Waals surface area contributed by atoms with Crippen molar-refractivity contribution in [3.05, 3.63) is 71.8 Å². The lowest BCUT2D eigenvalue weighted by molar-refractivity contribution is 0.102. The maximum Gasteiger partial charge on any atom is 0.258 e. The molecule has 4 rings (SSSR count). The van der Waals surface area contributed by atoms with Crippen LogP contribution in [-0.2, 0) is 0 Å². The predicted molar refractivity (Wildman–Crippen MR) is 91.4 cm³/mol. The lowest BCUT2D eigenvalue weighted by Gasteiger charge is -2.05. The summed E-state index contributed by atoms with van der Waals surface area (Å²) in [6.45, 7) is 0. The van der Waals surface area contributed by atoms with Crippen LogP contribution in [0.4, 0.5) is 13.9 Å². The van der Waals surface area contributed by atoms with Gasteiger partial charge in [0.1, 0.15) is 11.3 Å². The summed E-state index contributed by atoms with van der Waals surface area (Å²) in [5.74, 6) is -1.76. The molecule has 0 spiro atoms. The van der Waals surface area contributed by atoms with E-state index in [1.165, 1.54) is 6.07 Å². The number of carbonyl (C=O) groups is 1. The number of carbonyl (C=O) groups excluding carboxylic acids is 1. The van der Waals surface area contributed by atoms with Crippen LogP contribution in [0.25, 0.3) is 21.0 Å². The maximum absolute atomic E-state index is 13.7. The number of aromatic nitrogens is 1. The fourth-order valence-corrected chi connectivity index (χ4v) is 3.50. The lowest BCUT2D eigenvalue weighted by atomic mass is 10.0. The average molecular weight is 340 g/mol. The summed E-state index contributed by atoms with van der Waals surface area (Å²) in [6, 6.07) is 14.9. The Morgan fingerprint density at radius 2 is 1.83 bits per heavy atom. The summed E-state index contributed by atoms with van der Waals surface area (Å²) in [4.78, 5) is 16.6. The monoisotopic (exact) mass is 340 g/mol. The third-order valence-corrected chi connectivity index (χ3v) is 4.59. The molecule has 1 heterocycles. The van der Waals surface area contributed by atoms with Crippen LogP contribution in [0.5, 0.6) is 0 Å². The molecule has 3 nitrogen and oxygen atoms in total. The van der Waals surface area contributed by atoms with E-state index in [9.17, 15) is 13.6 Å². The molecule has 0 saturated carbocycles. The topological polar surface area (TPSA) is 42.0 Å². The first-order valence-corrected chi connectivity index (χ1v) is 7.98. The largest absolute Gasteiger partial charge is 0.298 e. The van der Waals surface area contributed by atoms with Crippen molar-refractivity contribution in [2.75, 3.05) is 5.32 Å². The second-order valence-electron chi connectivity index (χ2n) is 5.23. The van der Waals surface area contributed by atoms with Gasteiger partial charge in [-0.05, 0) is 22.9 Å². The van der Waals surface area contributed by atoms with Crippen molar-refractivity contribution < 1.29 is 13.6 Å². The highest BCUT2D eigenvalue weighted by atomic mass is 32.1. The molecule has 0 fully saturated rings. The Morgan fingerprint density at radius 3 is 2.71 bits per heavy atom. The number of amides is 1. The molecular weight excluding hydrogens is 330 g/mol. The molecule has 3 aromatic carbocycles. The molecule has 0 radical (unpaired) electrons. The number of thiazole rings is 1. The molecule has 1 N–H and O–H groups in total. The highest BCUT2D eigenvalue weighted by Gasteiger charge is 2.15. The minimum atomic E-state index is -0.744. The second-order valence-corrected chi connectivity index (χ2v) is 6.26. The minimum absolute atomic E-state index is 0.0506. The normalized spacial score (nSPS) is 11.1. The zero-order valence-corrected chi connectivity index (χ0v) is 13.0. The van der Waals surface area contributed by atoms with Crippen LogP contribution in [-0.4, -0.2) is 10.9 Å². The molecule has 6 heteroatoms. The first kappa shape index (κ1) is 14.7. The van der Waals surface area contributed by atoms with Gasteiger partial charge in [0.05, 0.1) is 4.70 Å². The predicted octanol–water partition coefficient (Wildman–Crippen LogP) is 4.98. The molecule has 0 saturated heterocycles. The SMILES string of the molecule is O=C(Nc1nc2c(F)cc(F)cc2s1)c1cccc2ccccc12. The van der Waals surface area contributed by atoms with Crippen LogP contribution in [0.3, 0.4) is 0 Å².